The number of rotatable bonds is 2. The van der Waals surface area contributed by atoms with Gasteiger partial charge in [0, 0.05) is 17.6 Å². The van der Waals surface area contributed by atoms with Crippen molar-refractivity contribution in [1.29, 1.82) is 0 Å². The van der Waals surface area contributed by atoms with Crippen molar-refractivity contribution in [2.75, 3.05) is 0 Å². The Labute approximate surface area is 108 Å². The minimum absolute atomic E-state index is 0.128. The van der Waals surface area contributed by atoms with Crippen LogP contribution in [0.25, 0.3) is 11.3 Å². The molecule has 6 heteroatoms. The predicted molar refractivity (Wildman–Crippen MR) is 65.3 cm³/mol. The molecule has 0 aliphatic rings. The molecule has 2 aromatic rings. The van der Waals surface area contributed by atoms with Gasteiger partial charge in [0.2, 0.25) is 0 Å². The van der Waals surface area contributed by atoms with E-state index >= 15 is 0 Å². The van der Waals surface area contributed by atoms with Crippen LogP contribution in [0.5, 0.6) is 0 Å². The first-order valence-electron chi connectivity index (χ1n) is 5.14. The van der Waals surface area contributed by atoms with Crippen LogP contribution in [-0.2, 0) is 7.05 Å². The Bertz CT molecular complexity index is 637. The molecule has 94 valence electrons. The number of carboxylic acids is 1. The van der Waals surface area contributed by atoms with Crippen LogP contribution < -0.4 is 0 Å². The molecular formula is C12H10ClFN2O2. The van der Waals surface area contributed by atoms with E-state index in [1.807, 2.05) is 0 Å². The van der Waals surface area contributed by atoms with E-state index in [1.54, 1.807) is 14.0 Å². The fourth-order valence-electron chi connectivity index (χ4n) is 1.75. The summed E-state index contributed by atoms with van der Waals surface area (Å²) in [5.41, 5.74) is 0.152. The number of imidazole rings is 1. The number of aromatic nitrogens is 2. The summed E-state index contributed by atoms with van der Waals surface area (Å²) >= 11 is 5.81. The number of aromatic carboxylic acids is 1. The normalized spacial score (nSPS) is 10.7. The van der Waals surface area contributed by atoms with E-state index in [9.17, 15) is 9.18 Å². The highest BCUT2D eigenvalue weighted by atomic mass is 35.5. The summed E-state index contributed by atoms with van der Waals surface area (Å²) in [6.45, 7) is 1.65. The van der Waals surface area contributed by atoms with E-state index in [0.29, 0.717) is 10.8 Å². The molecule has 0 unspecified atom stereocenters. The van der Waals surface area contributed by atoms with Crippen molar-refractivity contribution in [2.24, 2.45) is 7.05 Å². The van der Waals surface area contributed by atoms with E-state index < -0.39 is 11.8 Å². The average molecular weight is 269 g/mol. The number of hydrogen-bond acceptors (Lipinski definition) is 2. The van der Waals surface area contributed by atoms with Crippen molar-refractivity contribution in [3.05, 3.63) is 40.6 Å². The number of halogens is 2. The number of aryl methyl sites for hydroxylation is 1. The van der Waals surface area contributed by atoms with Crippen molar-refractivity contribution < 1.29 is 14.3 Å². The zero-order valence-electron chi connectivity index (χ0n) is 9.74. The Kier molecular flexibility index (Phi) is 3.09. The maximum Gasteiger partial charge on any atom is 0.356 e. The fraction of sp³-hybridized carbons (Fsp3) is 0.167. The Balaban J connectivity index is 2.77. The SMILES string of the molecule is Cc1nc(C(=O)O)c(-c2cc(Cl)ccc2F)n1C. The maximum atomic E-state index is 13.8. The lowest BCUT2D eigenvalue weighted by atomic mass is 10.1. The van der Waals surface area contributed by atoms with Crippen LogP contribution in [0.4, 0.5) is 4.39 Å². The molecule has 0 aliphatic carbocycles. The first-order chi connectivity index (χ1) is 8.41. The van der Waals surface area contributed by atoms with E-state index in [2.05, 4.69) is 4.98 Å². The molecule has 0 atom stereocenters. The highest BCUT2D eigenvalue weighted by molar-refractivity contribution is 6.30. The third-order valence-corrected chi connectivity index (χ3v) is 2.94. The van der Waals surface area contributed by atoms with Crippen molar-refractivity contribution in [3.8, 4) is 11.3 Å². The summed E-state index contributed by atoms with van der Waals surface area (Å²) in [6.07, 6.45) is 0. The predicted octanol–water partition coefficient (Wildman–Crippen LogP) is 2.89. The Hall–Kier alpha value is -1.88. The molecule has 0 saturated heterocycles. The molecule has 1 N–H and O–H groups in total. The number of benzene rings is 1. The second kappa shape index (κ2) is 4.42. The monoisotopic (exact) mass is 268 g/mol. The van der Waals surface area contributed by atoms with Gasteiger partial charge in [-0.3, -0.25) is 0 Å². The first-order valence-corrected chi connectivity index (χ1v) is 5.51. The molecular weight excluding hydrogens is 259 g/mol. The molecule has 0 aliphatic heterocycles. The minimum Gasteiger partial charge on any atom is -0.476 e. The molecule has 1 aromatic heterocycles. The van der Waals surface area contributed by atoms with Crippen molar-refractivity contribution in [1.82, 2.24) is 9.55 Å². The van der Waals surface area contributed by atoms with Crippen LogP contribution in [0.3, 0.4) is 0 Å². The Morgan fingerprint density at radius 3 is 2.78 bits per heavy atom. The average Bonchev–Trinajstić information content (AvgIpc) is 2.60. The molecule has 0 fully saturated rings. The van der Waals surface area contributed by atoms with E-state index in [4.69, 9.17) is 16.7 Å². The zero-order chi connectivity index (χ0) is 13.4. The lowest BCUT2D eigenvalue weighted by molar-refractivity contribution is 0.0692. The lowest BCUT2D eigenvalue weighted by Gasteiger charge is -2.07. The maximum absolute atomic E-state index is 13.8. The lowest BCUT2D eigenvalue weighted by Crippen LogP contribution is -2.02. The molecule has 0 bridgehead atoms. The molecule has 1 aromatic carbocycles. The Morgan fingerprint density at radius 2 is 2.17 bits per heavy atom. The minimum atomic E-state index is -1.20. The van der Waals surface area contributed by atoms with Crippen molar-refractivity contribution in [2.45, 2.75) is 6.92 Å². The summed E-state index contributed by atoms with van der Waals surface area (Å²) < 4.78 is 15.3. The van der Waals surface area contributed by atoms with Crippen LogP contribution in [-0.4, -0.2) is 20.6 Å². The van der Waals surface area contributed by atoms with Crippen molar-refractivity contribution >= 4 is 17.6 Å². The van der Waals surface area contributed by atoms with Gasteiger partial charge in [-0.1, -0.05) is 11.6 Å². The van der Waals surface area contributed by atoms with Gasteiger partial charge >= 0.3 is 5.97 Å². The van der Waals surface area contributed by atoms with Crippen LogP contribution in [0.15, 0.2) is 18.2 Å². The van der Waals surface area contributed by atoms with Gasteiger partial charge in [0.15, 0.2) is 5.69 Å². The van der Waals surface area contributed by atoms with E-state index in [1.165, 1.54) is 22.8 Å². The van der Waals surface area contributed by atoms with Gasteiger partial charge in [0.25, 0.3) is 0 Å². The zero-order valence-corrected chi connectivity index (χ0v) is 10.5. The Morgan fingerprint density at radius 1 is 1.50 bits per heavy atom. The molecule has 2 rings (SSSR count). The van der Waals surface area contributed by atoms with Crippen molar-refractivity contribution in [3.63, 3.8) is 0 Å². The number of carbonyl (C=O) groups is 1. The molecule has 0 amide bonds. The van der Waals surface area contributed by atoms with Gasteiger partial charge in [0.1, 0.15) is 11.6 Å². The van der Waals surface area contributed by atoms with Gasteiger partial charge in [-0.25, -0.2) is 14.2 Å². The number of hydrogen-bond donors (Lipinski definition) is 1. The third kappa shape index (κ3) is 1.97. The largest absolute Gasteiger partial charge is 0.476 e. The summed E-state index contributed by atoms with van der Waals surface area (Å²) in [7, 11) is 1.63. The molecule has 1 heterocycles. The summed E-state index contributed by atoms with van der Waals surface area (Å²) in [5, 5.41) is 9.43. The summed E-state index contributed by atoms with van der Waals surface area (Å²) in [6, 6.07) is 4.00. The molecule has 0 saturated carbocycles. The summed E-state index contributed by atoms with van der Waals surface area (Å²) in [4.78, 5) is 15.0. The fourth-order valence-corrected chi connectivity index (χ4v) is 1.92. The second-order valence-corrected chi connectivity index (χ2v) is 4.28. The van der Waals surface area contributed by atoms with E-state index in [-0.39, 0.29) is 17.0 Å². The smallest absolute Gasteiger partial charge is 0.356 e. The molecule has 0 radical (unpaired) electrons. The molecule has 0 spiro atoms. The van der Waals surface area contributed by atoms with Crippen LogP contribution in [0.2, 0.25) is 5.02 Å². The topological polar surface area (TPSA) is 55.1 Å². The number of nitrogens with zero attached hydrogens (tertiary/aromatic N) is 2. The van der Waals surface area contributed by atoms with Crippen LogP contribution in [0.1, 0.15) is 16.3 Å². The highest BCUT2D eigenvalue weighted by Gasteiger charge is 2.22. The highest BCUT2D eigenvalue weighted by Crippen LogP contribution is 2.29. The van der Waals surface area contributed by atoms with Gasteiger partial charge in [-0.05, 0) is 25.1 Å². The van der Waals surface area contributed by atoms with Gasteiger partial charge < -0.3 is 9.67 Å². The quantitative estimate of drug-likeness (QED) is 0.911. The van der Waals surface area contributed by atoms with E-state index in [0.717, 1.165) is 0 Å². The standard InChI is InChI=1S/C12H10ClFN2O2/c1-6-15-10(12(17)18)11(16(6)2)8-5-7(13)3-4-9(8)14/h3-5H,1-2H3,(H,17,18). The third-order valence-electron chi connectivity index (χ3n) is 2.70. The van der Waals surface area contributed by atoms with Gasteiger partial charge in [-0.2, -0.15) is 0 Å². The summed E-state index contributed by atoms with van der Waals surface area (Å²) in [5.74, 6) is -1.25. The second-order valence-electron chi connectivity index (χ2n) is 3.84. The van der Waals surface area contributed by atoms with Gasteiger partial charge in [-0.15, -0.1) is 0 Å². The number of carboxylic acid groups (broad SMARTS) is 1. The van der Waals surface area contributed by atoms with Gasteiger partial charge in [0.05, 0.1) is 5.69 Å². The van der Waals surface area contributed by atoms with Crippen LogP contribution in [0, 0.1) is 12.7 Å². The molecule has 18 heavy (non-hydrogen) atoms. The first kappa shape index (κ1) is 12.6. The van der Waals surface area contributed by atoms with Crippen LogP contribution >= 0.6 is 11.6 Å². The molecule has 4 nitrogen and oxygen atoms in total.